The number of aromatic nitrogens is 1. The Balaban J connectivity index is 1.55. The van der Waals surface area contributed by atoms with E-state index < -0.39 is 23.4 Å². The number of anilines is 1. The molecule has 0 bridgehead atoms. The second-order valence-electron chi connectivity index (χ2n) is 7.27. The summed E-state index contributed by atoms with van der Waals surface area (Å²) in [5, 5.41) is 7.36. The number of imide groups is 1. The summed E-state index contributed by atoms with van der Waals surface area (Å²) in [6.45, 7) is 3.14. The highest BCUT2D eigenvalue weighted by atomic mass is 16.2. The zero-order valence-corrected chi connectivity index (χ0v) is 16.1. The van der Waals surface area contributed by atoms with Gasteiger partial charge in [-0.3, -0.25) is 14.5 Å². The lowest BCUT2D eigenvalue weighted by Crippen LogP contribution is -2.42. The summed E-state index contributed by atoms with van der Waals surface area (Å²) >= 11 is 0. The van der Waals surface area contributed by atoms with E-state index in [-0.39, 0.29) is 6.54 Å². The number of hydrogen-bond donors (Lipinski definition) is 2. The highest BCUT2D eigenvalue weighted by molar-refractivity contribution is 6.10. The zero-order valence-electron chi connectivity index (χ0n) is 16.1. The van der Waals surface area contributed by atoms with Gasteiger partial charge in [-0.15, -0.1) is 0 Å². The van der Waals surface area contributed by atoms with Crippen LogP contribution in [0, 0.1) is 6.92 Å². The zero-order chi connectivity index (χ0) is 20.6. The van der Waals surface area contributed by atoms with E-state index in [4.69, 9.17) is 0 Å². The Kier molecular flexibility index (Phi) is 4.50. The minimum absolute atomic E-state index is 0.374. The van der Waals surface area contributed by atoms with Crippen LogP contribution in [0.2, 0.25) is 0 Å². The van der Waals surface area contributed by atoms with Crippen molar-refractivity contribution in [2.75, 3.05) is 11.9 Å². The van der Waals surface area contributed by atoms with Gasteiger partial charge in [-0.25, -0.2) is 9.78 Å². The monoisotopic (exact) mass is 388 g/mol. The minimum Gasteiger partial charge on any atom is -0.319 e. The van der Waals surface area contributed by atoms with Gasteiger partial charge in [0.1, 0.15) is 17.9 Å². The standard InChI is InChI=1S/C22H20N4O3/c1-14-9-10-23-18(11-14)24-19(27)13-26-20(28)22(2,25-21(26)29)17-8-7-15-5-3-4-6-16(15)12-17/h3-12H,13H2,1-2H3,(H,25,29)(H,23,24,27). The van der Waals surface area contributed by atoms with Crippen molar-refractivity contribution in [3.05, 3.63) is 71.9 Å². The van der Waals surface area contributed by atoms with Crippen LogP contribution >= 0.6 is 0 Å². The molecule has 1 unspecified atom stereocenters. The van der Waals surface area contributed by atoms with E-state index in [1.807, 2.05) is 55.5 Å². The number of nitrogens with zero attached hydrogens (tertiary/aromatic N) is 2. The van der Waals surface area contributed by atoms with Crippen molar-refractivity contribution in [1.29, 1.82) is 0 Å². The number of aryl methyl sites for hydroxylation is 1. The van der Waals surface area contributed by atoms with Gasteiger partial charge in [-0.1, -0.05) is 36.4 Å². The molecule has 1 atom stereocenters. The molecule has 1 aliphatic heterocycles. The summed E-state index contributed by atoms with van der Waals surface area (Å²) in [5.74, 6) is -0.584. The first-order chi connectivity index (χ1) is 13.9. The normalized spacial score (nSPS) is 18.8. The smallest absolute Gasteiger partial charge is 0.319 e. The maximum absolute atomic E-state index is 13.1. The number of carbonyl (C=O) groups excluding carboxylic acids is 3. The van der Waals surface area contributed by atoms with Crippen molar-refractivity contribution in [2.24, 2.45) is 0 Å². The van der Waals surface area contributed by atoms with Gasteiger partial charge in [0, 0.05) is 6.20 Å². The molecule has 1 aliphatic rings. The fraction of sp³-hybridized carbons (Fsp3) is 0.182. The topological polar surface area (TPSA) is 91.4 Å². The van der Waals surface area contributed by atoms with Crippen LogP contribution in [-0.4, -0.2) is 34.3 Å². The summed E-state index contributed by atoms with van der Waals surface area (Å²) in [6.07, 6.45) is 1.58. The second-order valence-corrected chi connectivity index (χ2v) is 7.27. The molecule has 3 aromatic rings. The highest BCUT2D eigenvalue weighted by Crippen LogP contribution is 2.31. The molecule has 0 radical (unpaired) electrons. The van der Waals surface area contributed by atoms with E-state index in [1.54, 1.807) is 19.2 Å². The largest absolute Gasteiger partial charge is 0.325 e. The van der Waals surface area contributed by atoms with Gasteiger partial charge in [-0.05, 0) is 53.9 Å². The van der Waals surface area contributed by atoms with Crippen molar-refractivity contribution in [2.45, 2.75) is 19.4 Å². The molecule has 4 amide bonds. The molecule has 1 saturated heterocycles. The SMILES string of the molecule is Cc1ccnc(NC(=O)CN2C(=O)NC(C)(c3ccc4ccccc4c3)C2=O)c1. The maximum Gasteiger partial charge on any atom is 0.325 e. The van der Waals surface area contributed by atoms with Crippen LogP contribution in [0.5, 0.6) is 0 Å². The van der Waals surface area contributed by atoms with E-state index >= 15 is 0 Å². The molecule has 1 fully saturated rings. The lowest BCUT2D eigenvalue weighted by atomic mass is 9.90. The third-order valence-electron chi connectivity index (χ3n) is 5.09. The first-order valence-electron chi connectivity index (χ1n) is 9.23. The number of hydrogen-bond acceptors (Lipinski definition) is 4. The van der Waals surface area contributed by atoms with Crippen LogP contribution in [0.4, 0.5) is 10.6 Å². The molecule has 4 rings (SSSR count). The Morgan fingerprint density at radius 1 is 1.10 bits per heavy atom. The number of benzene rings is 2. The Hall–Kier alpha value is -3.74. The maximum atomic E-state index is 13.1. The van der Waals surface area contributed by atoms with Crippen molar-refractivity contribution >= 4 is 34.4 Å². The van der Waals surface area contributed by atoms with Gasteiger partial charge in [0.05, 0.1) is 0 Å². The van der Waals surface area contributed by atoms with E-state index in [9.17, 15) is 14.4 Å². The summed E-state index contributed by atoms with van der Waals surface area (Å²) in [4.78, 5) is 42.9. The molecular weight excluding hydrogens is 368 g/mol. The van der Waals surface area contributed by atoms with E-state index in [0.29, 0.717) is 11.4 Å². The van der Waals surface area contributed by atoms with E-state index in [1.165, 1.54) is 0 Å². The molecule has 0 spiro atoms. The van der Waals surface area contributed by atoms with Crippen LogP contribution in [0.15, 0.2) is 60.8 Å². The van der Waals surface area contributed by atoms with E-state index in [2.05, 4.69) is 15.6 Å². The molecular formula is C22H20N4O3. The predicted octanol–water partition coefficient (Wildman–Crippen LogP) is 2.95. The third kappa shape index (κ3) is 3.42. The Morgan fingerprint density at radius 3 is 2.62 bits per heavy atom. The van der Waals surface area contributed by atoms with Crippen LogP contribution in [0.1, 0.15) is 18.1 Å². The number of rotatable bonds is 4. The number of amides is 4. The molecule has 0 saturated carbocycles. The third-order valence-corrected chi connectivity index (χ3v) is 5.09. The summed E-state index contributed by atoms with van der Waals surface area (Å²) in [6, 6.07) is 16.3. The van der Waals surface area contributed by atoms with Crippen LogP contribution < -0.4 is 10.6 Å². The van der Waals surface area contributed by atoms with Crippen molar-refractivity contribution < 1.29 is 14.4 Å². The molecule has 0 aliphatic carbocycles. The summed E-state index contributed by atoms with van der Waals surface area (Å²) in [7, 11) is 0. The van der Waals surface area contributed by atoms with Gasteiger partial charge in [0.2, 0.25) is 5.91 Å². The predicted molar refractivity (Wildman–Crippen MR) is 109 cm³/mol. The molecule has 1 aromatic heterocycles. The van der Waals surface area contributed by atoms with Crippen LogP contribution in [-0.2, 0) is 15.1 Å². The fourth-order valence-electron chi connectivity index (χ4n) is 3.47. The summed E-state index contributed by atoms with van der Waals surface area (Å²) in [5.41, 5.74) is 0.371. The molecule has 7 heteroatoms. The number of fused-ring (bicyclic) bond motifs is 1. The summed E-state index contributed by atoms with van der Waals surface area (Å²) < 4.78 is 0. The van der Waals surface area contributed by atoms with Gasteiger partial charge in [-0.2, -0.15) is 0 Å². The van der Waals surface area contributed by atoms with Crippen molar-refractivity contribution in [3.8, 4) is 0 Å². The number of pyridine rings is 1. The molecule has 2 aromatic carbocycles. The first-order valence-corrected chi connectivity index (χ1v) is 9.23. The van der Waals surface area contributed by atoms with Crippen LogP contribution in [0.25, 0.3) is 10.8 Å². The lowest BCUT2D eigenvalue weighted by Gasteiger charge is -2.22. The molecule has 2 heterocycles. The van der Waals surface area contributed by atoms with Gasteiger partial charge in [0.25, 0.3) is 5.91 Å². The van der Waals surface area contributed by atoms with Crippen LogP contribution in [0.3, 0.4) is 0 Å². The highest BCUT2D eigenvalue weighted by Gasteiger charge is 2.49. The number of urea groups is 1. The quantitative estimate of drug-likeness (QED) is 0.672. The molecule has 29 heavy (non-hydrogen) atoms. The van der Waals surface area contributed by atoms with Crippen molar-refractivity contribution in [1.82, 2.24) is 15.2 Å². The van der Waals surface area contributed by atoms with Crippen molar-refractivity contribution in [3.63, 3.8) is 0 Å². The van der Waals surface area contributed by atoms with Gasteiger partial charge >= 0.3 is 6.03 Å². The Bertz CT molecular complexity index is 1140. The number of carbonyl (C=O) groups is 3. The Morgan fingerprint density at radius 2 is 1.86 bits per heavy atom. The second kappa shape index (κ2) is 7.01. The average Bonchev–Trinajstić information content (AvgIpc) is 2.91. The number of nitrogens with one attached hydrogen (secondary N) is 2. The molecule has 2 N–H and O–H groups in total. The first kappa shape index (κ1) is 18.6. The van der Waals surface area contributed by atoms with Gasteiger partial charge in [0.15, 0.2) is 0 Å². The lowest BCUT2D eigenvalue weighted by molar-refractivity contribution is -0.133. The molecule has 7 nitrogen and oxygen atoms in total. The van der Waals surface area contributed by atoms with Gasteiger partial charge < -0.3 is 10.6 Å². The fourth-order valence-corrected chi connectivity index (χ4v) is 3.47. The van der Waals surface area contributed by atoms with E-state index in [0.717, 1.165) is 21.2 Å². The average molecular weight is 388 g/mol. The Labute approximate surface area is 167 Å². The minimum atomic E-state index is -1.23. The molecule has 146 valence electrons.